The molecule has 0 radical (unpaired) electrons. The third kappa shape index (κ3) is 15.0. The summed E-state index contributed by atoms with van der Waals surface area (Å²) in [6.07, 6.45) is 0. The van der Waals surface area contributed by atoms with Crippen LogP contribution in [0.4, 0.5) is 0 Å². The standard InChI is InChI=1S/C2H7N.H2Te/c1-3-2;/h3H,1-2H3;1H2. The van der Waals surface area contributed by atoms with E-state index in [4.69, 9.17) is 0 Å². The molecule has 2 heteroatoms. The van der Waals surface area contributed by atoms with Crippen LogP contribution in [0.2, 0.25) is 0 Å². The van der Waals surface area contributed by atoms with Gasteiger partial charge in [-0.05, 0) is 14.1 Å². The molecule has 0 fully saturated rings. The molecule has 1 nitrogen and oxygen atoms in total. The summed E-state index contributed by atoms with van der Waals surface area (Å²) in [5.74, 6) is 0. The molecule has 0 aliphatic heterocycles. The van der Waals surface area contributed by atoms with Crippen LogP contribution in [0.15, 0.2) is 0 Å². The summed E-state index contributed by atoms with van der Waals surface area (Å²) in [5.41, 5.74) is 0. The average Bonchev–Trinajstić information content (AvgIpc) is 0.918. The summed E-state index contributed by atoms with van der Waals surface area (Å²) in [6, 6.07) is 0. The Labute approximate surface area is 43.5 Å². The number of nitrogens with one attached hydrogen (secondary N) is 1. The quantitative estimate of drug-likeness (QED) is 0.461. The van der Waals surface area contributed by atoms with Crippen molar-refractivity contribution in [2.24, 2.45) is 0 Å². The molecule has 0 aliphatic carbocycles. The molecule has 0 aromatic heterocycles. The molecule has 0 spiro atoms. The summed E-state index contributed by atoms with van der Waals surface area (Å²) in [5, 5.41) is 2.75. The SMILES string of the molecule is CNC.[TeH2]. The molecular weight excluding hydrogens is 166 g/mol. The van der Waals surface area contributed by atoms with Gasteiger partial charge in [0.25, 0.3) is 0 Å². The summed E-state index contributed by atoms with van der Waals surface area (Å²) >= 11 is 0. The monoisotopic (exact) mass is 177 g/mol. The Morgan fingerprint density at radius 2 is 1.25 bits per heavy atom. The van der Waals surface area contributed by atoms with Crippen LogP contribution in [0.3, 0.4) is 0 Å². The van der Waals surface area contributed by atoms with E-state index < -0.39 is 0 Å². The van der Waals surface area contributed by atoms with E-state index >= 15 is 0 Å². The second kappa shape index (κ2) is 9.26. The van der Waals surface area contributed by atoms with E-state index in [1.54, 1.807) is 0 Å². The Bertz CT molecular complexity index is 6.00. The van der Waals surface area contributed by atoms with Gasteiger partial charge < -0.3 is 5.32 Å². The van der Waals surface area contributed by atoms with Crippen LogP contribution < -0.4 is 5.32 Å². The van der Waals surface area contributed by atoms with Crippen molar-refractivity contribution >= 4 is 23.7 Å². The maximum atomic E-state index is 2.75. The first-order valence-corrected chi connectivity index (χ1v) is 1.00. The fourth-order valence-corrected chi connectivity index (χ4v) is 0. The van der Waals surface area contributed by atoms with Gasteiger partial charge in [-0.25, -0.2) is 0 Å². The van der Waals surface area contributed by atoms with E-state index in [2.05, 4.69) is 5.32 Å². The van der Waals surface area contributed by atoms with Crippen molar-refractivity contribution in [2.75, 3.05) is 14.1 Å². The zero-order valence-electron chi connectivity index (χ0n) is 3.00. The van der Waals surface area contributed by atoms with Crippen LogP contribution in [-0.2, 0) is 0 Å². The van der Waals surface area contributed by atoms with Crippen molar-refractivity contribution in [3.63, 3.8) is 0 Å². The van der Waals surface area contributed by atoms with Gasteiger partial charge in [0.1, 0.15) is 0 Å². The van der Waals surface area contributed by atoms with Gasteiger partial charge in [0, 0.05) is 0 Å². The first-order valence-electron chi connectivity index (χ1n) is 1.00. The van der Waals surface area contributed by atoms with E-state index in [9.17, 15) is 0 Å². The maximum absolute atomic E-state index is 2.75. The zero-order chi connectivity index (χ0) is 2.71. The Kier molecular flexibility index (Phi) is 20.4. The van der Waals surface area contributed by atoms with Gasteiger partial charge in [-0.15, -0.1) is 0 Å². The topological polar surface area (TPSA) is 12.0 Å². The van der Waals surface area contributed by atoms with Crippen molar-refractivity contribution in [1.29, 1.82) is 0 Å². The van der Waals surface area contributed by atoms with Crippen molar-refractivity contribution < 1.29 is 0 Å². The number of hydrogen-bond donors (Lipinski definition) is 1. The van der Waals surface area contributed by atoms with Gasteiger partial charge in [-0.3, -0.25) is 0 Å². The first-order chi connectivity index (χ1) is 1.41. The molecule has 0 saturated heterocycles. The Morgan fingerprint density at radius 3 is 1.25 bits per heavy atom. The van der Waals surface area contributed by atoms with Crippen LogP contribution in [0.25, 0.3) is 0 Å². The predicted molar refractivity (Wildman–Crippen MR) is 23.5 cm³/mol. The van der Waals surface area contributed by atoms with Gasteiger partial charge in [0.15, 0.2) is 0 Å². The molecule has 0 rings (SSSR count). The van der Waals surface area contributed by atoms with Gasteiger partial charge in [-0.2, -0.15) is 0 Å². The Hall–Kier alpha value is 0.750. The van der Waals surface area contributed by atoms with Gasteiger partial charge in [0.2, 0.25) is 0 Å². The number of hydrogen-bond acceptors (Lipinski definition) is 1. The Morgan fingerprint density at radius 1 is 1.25 bits per heavy atom. The summed E-state index contributed by atoms with van der Waals surface area (Å²) < 4.78 is 0. The average molecular weight is 175 g/mol. The second-order valence-corrected chi connectivity index (χ2v) is 0.500. The zero-order valence-corrected chi connectivity index (χ0v) is 5.85. The van der Waals surface area contributed by atoms with E-state index in [0.717, 1.165) is 0 Å². The molecule has 0 aliphatic rings. The molecule has 0 unspecified atom stereocenters. The van der Waals surface area contributed by atoms with Crippen molar-refractivity contribution in [3.05, 3.63) is 0 Å². The second-order valence-electron chi connectivity index (χ2n) is 0.500. The van der Waals surface area contributed by atoms with Crippen molar-refractivity contribution in [3.8, 4) is 0 Å². The molecular formula is C2H9NTe. The van der Waals surface area contributed by atoms with Crippen LogP contribution in [-0.4, -0.2) is 37.8 Å². The van der Waals surface area contributed by atoms with Crippen molar-refractivity contribution in [2.45, 2.75) is 0 Å². The van der Waals surface area contributed by atoms with Crippen LogP contribution >= 0.6 is 0 Å². The van der Waals surface area contributed by atoms with Gasteiger partial charge >= 0.3 is 23.7 Å². The van der Waals surface area contributed by atoms with E-state index in [1.165, 1.54) is 0 Å². The molecule has 28 valence electrons. The number of rotatable bonds is 0. The predicted octanol–water partition coefficient (Wildman–Crippen LogP) is -1.08. The summed E-state index contributed by atoms with van der Waals surface area (Å²) in [4.78, 5) is 0. The summed E-state index contributed by atoms with van der Waals surface area (Å²) in [6.45, 7) is 0. The van der Waals surface area contributed by atoms with E-state index in [0.29, 0.717) is 0 Å². The van der Waals surface area contributed by atoms with E-state index in [1.807, 2.05) is 14.1 Å². The summed E-state index contributed by atoms with van der Waals surface area (Å²) in [7, 11) is 3.75. The molecule has 1 N–H and O–H groups in total. The molecule has 4 heavy (non-hydrogen) atoms. The minimum absolute atomic E-state index is 0. The molecule has 0 atom stereocenters. The molecule has 0 amide bonds. The van der Waals surface area contributed by atoms with E-state index in [-0.39, 0.29) is 23.7 Å². The molecule has 0 aromatic rings. The van der Waals surface area contributed by atoms with Crippen LogP contribution in [0.5, 0.6) is 0 Å². The van der Waals surface area contributed by atoms with Gasteiger partial charge in [-0.1, -0.05) is 0 Å². The van der Waals surface area contributed by atoms with Gasteiger partial charge in [0.05, 0.1) is 0 Å². The van der Waals surface area contributed by atoms with Crippen LogP contribution in [0.1, 0.15) is 0 Å². The third-order valence-electron chi connectivity index (χ3n) is 0. The normalized spacial score (nSPS) is 4.50. The third-order valence-corrected chi connectivity index (χ3v) is 0. The minimum atomic E-state index is 0. The first kappa shape index (κ1) is 8.83. The van der Waals surface area contributed by atoms with Crippen molar-refractivity contribution in [1.82, 2.24) is 5.32 Å². The molecule has 0 heterocycles. The Balaban J connectivity index is 0. The fraction of sp³-hybridized carbons (Fsp3) is 1.00. The molecule has 0 bridgehead atoms. The fourth-order valence-electron chi connectivity index (χ4n) is 0. The molecule has 0 saturated carbocycles. The molecule has 0 aromatic carbocycles. The van der Waals surface area contributed by atoms with Crippen LogP contribution in [0, 0.1) is 0 Å².